The van der Waals surface area contributed by atoms with Gasteiger partial charge in [0, 0.05) is 23.2 Å². The summed E-state index contributed by atoms with van der Waals surface area (Å²) < 4.78 is 5.75. The lowest BCUT2D eigenvalue weighted by atomic mass is 9.81. The van der Waals surface area contributed by atoms with Crippen molar-refractivity contribution in [2.24, 2.45) is 0 Å². The summed E-state index contributed by atoms with van der Waals surface area (Å²) in [5.41, 5.74) is 4.97. The molecule has 1 aromatic heterocycles. The number of pyridine rings is 1. The molecule has 3 heteroatoms. The first-order valence-corrected chi connectivity index (χ1v) is 9.54. The Morgan fingerprint density at radius 2 is 1.92 bits per heavy atom. The minimum absolute atomic E-state index is 0.0996. The van der Waals surface area contributed by atoms with E-state index >= 15 is 0 Å². The molecule has 1 aliphatic heterocycles. The van der Waals surface area contributed by atoms with Crippen molar-refractivity contribution in [3.63, 3.8) is 0 Å². The third-order valence-corrected chi connectivity index (χ3v) is 5.09. The van der Waals surface area contributed by atoms with Gasteiger partial charge in [-0.15, -0.1) is 0 Å². The van der Waals surface area contributed by atoms with E-state index in [0.717, 1.165) is 5.82 Å². The molecule has 0 fully saturated rings. The highest BCUT2D eigenvalue weighted by Gasteiger charge is 2.37. The fourth-order valence-electron chi connectivity index (χ4n) is 2.96. The van der Waals surface area contributed by atoms with Gasteiger partial charge in [-0.2, -0.15) is 0 Å². The van der Waals surface area contributed by atoms with Crippen LogP contribution < -0.4 is 5.32 Å². The standard InChI is InChI=1S/C21H26N2O.C2H6/c1-15(10-11-24-14-17-8-6-5-7-9-17)18-12-19-20(22-13-18)23-16(2)21(19,3)4;1-2/h5-10,12-13,16H,11,14H2,1-4H3,(H,22,23);1-2H3/b15-10+;. The molecule has 140 valence electrons. The van der Waals surface area contributed by atoms with Gasteiger partial charge in [-0.25, -0.2) is 4.98 Å². The smallest absolute Gasteiger partial charge is 0.130 e. The second-order valence-corrected chi connectivity index (χ2v) is 7.10. The Morgan fingerprint density at radius 1 is 1.23 bits per heavy atom. The van der Waals surface area contributed by atoms with Crippen LogP contribution in [0.1, 0.15) is 58.2 Å². The van der Waals surface area contributed by atoms with Crippen molar-refractivity contribution in [1.82, 2.24) is 4.98 Å². The predicted molar refractivity (Wildman–Crippen MR) is 111 cm³/mol. The summed E-state index contributed by atoms with van der Waals surface area (Å²) in [6, 6.07) is 12.9. The van der Waals surface area contributed by atoms with E-state index < -0.39 is 0 Å². The third kappa shape index (κ3) is 4.53. The van der Waals surface area contributed by atoms with Gasteiger partial charge in [-0.05, 0) is 36.6 Å². The molecule has 0 radical (unpaired) electrons. The molecular formula is C23H32N2O. The second-order valence-electron chi connectivity index (χ2n) is 7.10. The lowest BCUT2D eigenvalue weighted by Crippen LogP contribution is -2.29. The minimum Gasteiger partial charge on any atom is -0.373 e. The summed E-state index contributed by atoms with van der Waals surface area (Å²) in [6.45, 7) is 14.1. The molecule has 0 saturated heterocycles. The van der Waals surface area contributed by atoms with Crippen molar-refractivity contribution in [3.05, 3.63) is 65.4 Å². The topological polar surface area (TPSA) is 34.1 Å². The molecule has 1 aromatic carbocycles. The maximum atomic E-state index is 5.75. The Labute approximate surface area is 158 Å². The summed E-state index contributed by atoms with van der Waals surface area (Å²) in [5.74, 6) is 1.02. The highest BCUT2D eigenvalue weighted by atomic mass is 16.5. The number of hydrogen-bond acceptors (Lipinski definition) is 3. The van der Waals surface area contributed by atoms with Crippen molar-refractivity contribution in [3.8, 4) is 0 Å². The Balaban J connectivity index is 0.00000117. The molecule has 26 heavy (non-hydrogen) atoms. The fraction of sp³-hybridized carbons (Fsp3) is 0.435. The maximum absolute atomic E-state index is 5.75. The number of anilines is 1. The van der Waals surface area contributed by atoms with Gasteiger partial charge < -0.3 is 10.1 Å². The van der Waals surface area contributed by atoms with Gasteiger partial charge in [0.1, 0.15) is 5.82 Å². The zero-order valence-corrected chi connectivity index (χ0v) is 17.0. The summed E-state index contributed by atoms with van der Waals surface area (Å²) in [4.78, 5) is 4.61. The molecular weight excluding hydrogens is 320 g/mol. The molecule has 3 rings (SSSR count). The van der Waals surface area contributed by atoms with Crippen LogP contribution in [0.3, 0.4) is 0 Å². The number of nitrogens with one attached hydrogen (secondary N) is 1. The van der Waals surface area contributed by atoms with Gasteiger partial charge in [0.05, 0.1) is 13.2 Å². The van der Waals surface area contributed by atoms with Crippen molar-refractivity contribution in [1.29, 1.82) is 0 Å². The van der Waals surface area contributed by atoms with Crippen LogP contribution >= 0.6 is 0 Å². The van der Waals surface area contributed by atoms with E-state index in [9.17, 15) is 0 Å². The second kappa shape index (κ2) is 9.00. The SMILES string of the molecule is C/C(=C\COCc1ccccc1)c1cnc2c(c1)C(C)(C)C(C)N2.CC. The lowest BCUT2D eigenvalue weighted by molar-refractivity contribution is 0.149. The average molecular weight is 353 g/mol. The average Bonchev–Trinajstić information content (AvgIpc) is 2.90. The normalized spacial score (nSPS) is 17.8. The number of allylic oxidation sites excluding steroid dienone is 1. The fourth-order valence-corrected chi connectivity index (χ4v) is 2.96. The number of ether oxygens (including phenoxy) is 1. The van der Waals surface area contributed by atoms with Crippen LogP contribution in [0.4, 0.5) is 5.82 Å². The van der Waals surface area contributed by atoms with E-state index in [0.29, 0.717) is 19.3 Å². The number of fused-ring (bicyclic) bond motifs is 1. The van der Waals surface area contributed by atoms with Crippen LogP contribution in [0.15, 0.2) is 48.7 Å². The molecule has 2 heterocycles. The Kier molecular flexibility index (Phi) is 6.98. The maximum Gasteiger partial charge on any atom is 0.130 e. The number of benzene rings is 1. The van der Waals surface area contributed by atoms with Gasteiger partial charge in [-0.1, -0.05) is 64.1 Å². The highest BCUT2D eigenvalue weighted by Crippen LogP contribution is 2.40. The van der Waals surface area contributed by atoms with Gasteiger partial charge in [0.25, 0.3) is 0 Å². The monoisotopic (exact) mass is 352 g/mol. The minimum atomic E-state index is 0.0996. The Bertz CT molecular complexity index is 735. The summed E-state index contributed by atoms with van der Waals surface area (Å²) >= 11 is 0. The van der Waals surface area contributed by atoms with E-state index in [1.807, 2.05) is 38.2 Å². The number of rotatable bonds is 5. The summed E-state index contributed by atoms with van der Waals surface area (Å²) in [6.07, 6.45) is 4.08. The van der Waals surface area contributed by atoms with Crippen molar-refractivity contribution in [2.45, 2.75) is 59.6 Å². The molecule has 0 bridgehead atoms. The Hall–Kier alpha value is -2.13. The van der Waals surface area contributed by atoms with Crippen LogP contribution in [0.25, 0.3) is 5.57 Å². The number of nitrogens with zero attached hydrogens (tertiary/aromatic N) is 1. The lowest BCUT2D eigenvalue weighted by Gasteiger charge is -2.23. The van der Waals surface area contributed by atoms with E-state index in [-0.39, 0.29) is 5.41 Å². The van der Waals surface area contributed by atoms with Crippen molar-refractivity contribution >= 4 is 11.4 Å². The molecule has 0 aliphatic carbocycles. The van der Waals surface area contributed by atoms with Gasteiger partial charge in [0.2, 0.25) is 0 Å². The van der Waals surface area contributed by atoms with E-state index in [1.54, 1.807) is 0 Å². The highest BCUT2D eigenvalue weighted by molar-refractivity contribution is 5.68. The zero-order valence-electron chi connectivity index (χ0n) is 17.0. The molecule has 0 saturated carbocycles. The van der Waals surface area contributed by atoms with E-state index in [4.69, 9.17) is 4.74 Å². The largest absolute Gasteiger partial charge is 0.373 e. The van der Waals surface area contributed by atoms with Gasteiger partial charge in [0.15, 0.2) is 0 Å². The molecule has 1 aliphatic rings. The summed E-state index contributed by atoms with van der Waals surface area (Å²) in [7, 11) is 0. The molecule has 1 atom stereocenters. The molecule has 0 amide bonds. The molecule has 1 N–H and O–H groups in total. The first-order valence-electron chi connectivity index (χ1n) is 9.54. The zero-order chi connectivity index (χ0) is 19.2. The van der Waals surface area contributed by atoms with Crippen LogP contribution in [0.5, 0.6) is 0 Å². The van der Waals surface area contributed by atoms with Crippen molar-refractivity contribution < 1.29 is 4.74 Å². The van der Waals surface area contributed by atoms with Crippen LogP contribution in [-0.2, 0) is 16.8 Å². The molecule has 0 spiro atoms. The van der Waals surface area contributed by atoms with Crippen LogP contribution in [0.2, 0.25) is 0 Å². The predicted octanol–water partition coefficient (Wildman–Crippen LogP) is 5.82. The van der Waals surface area contributed by atoms with Crippen molar-refractivity contribution in [2.75, 3.05) is 11.9 Å². The number of hydrogen-bond donors (Lipinski definition) is 1. The van der Waals surface area contributed by atoms with E-state index in [2.05, 4.69) is 62.3 Å². The molecule has 1 unspecified atom stereocenters. The van der Waals surface area contributed by atoms with Gasteiger partial charge in [-0.3, -0.25) is 0 Å². The van der Waals surface area contributed by atoms with Crippen LogP contribution in [-0.4, -0.2) is 17.6 Å². The first kappa shape index (κ1) is 20.2. The quantitative estimate of drug-likeness (QED) is 0.689. The van der Waals surface area contributed by atoms with E-state index in [1.165, 1.54) is 22.3 Å². The van der Waals surface area contributed by atoms with Crippen LogP contribution in [0, 0.1) is 0 Å². The first-order chi connectivity index (χ1) is 12.5. The van der Waals surface area contributed by atoms with Gasteiger partial charge >= 0.3 is 0 Å². The summed E-state index contributed by atoms with van der Waals surface area (Å²) in [5, 5.41) is 3.47. The third-order valence-electron chi connectivity index (χ3n) is 5.09. The number of aromatic nitrogens is 1. The molecule has 3 nitrogen and oxygen atoms in total. The Morgan fingerprint density at radius 3 is 2.62 bits per heavy atom. The molecule has 2 aromatic rings.